The number of carbonyl (C=O) groups is 2. The van der Waals surface area contributed by atoms with Gasteiger partial charge in [0.25, 0.3) is 11.8 Å². The predicted molar refractivity (Wildman–Crippen MR) is 132 cm³/mol. The van der Waals surface area contributed by atoms with Crippen LogP contribution in [0.15, 0.2) is 72.8 Å². The molecule has 0 aromatic heterocycles. The third-order valence-corrected chi connectivity index (χ3v) is 6.01. The van der Waals surface area contributed by atoms with Crippen molar-refractivity contribution in [3.63, 3.8) is 0 Å². The van der Waals surface area contributed by atoms with Gasteiger partial charge in [-0.2, -0.15) is 0 Å². The molecule has 0 spiro atoms. The molecule has 33 heavy (non-hydrogen) atoms. The Kier molecular flexibility index (Phi) is 7.40. The van der Waals surface area contributed by atoms with Gasteiger partial charge in [-0.3, -0.25) is 9.59 Å². The number of hydrogen-bond acceptors (Lipinski definition) is 3. The molecule has 0 atom stereocenters. The molecule has 1 aliphatic rings. The molecule has 1 fully saturated rings. The lowest BCUT2D eigenvalue weighted by atomic mass is 9.84. The van der Waals surface area contributed by atoms with Gasteiger partial charge in [0.1, 0.15) is 5.75 Å². The Morgan fingerprint density at radius 2 is 1.55 bits per heavy atom. The summed E-state index contributed by atoms with van der Waals surface area (Å²) in [7, 11) is 0. The fourth-order valence-corrected chi connectivity index (χ4v) is 4.28. The molecule has 1 aliphatic carbocycles. The number of benzene rings is 3. The number of hydrogen-bond donors (Lipinski definition) is 2. The van der Waals surface area contributed by atoms with Crippen LogP contribution in [0.2, 0.25) is 0 Å². The summed E-state index contributed by atoms with van der Waals surface area (Å²) < 4.78 is 5.66. The lowest BCUT2D eigenvalue weighted by Crippen LogP contribution is -2.20. The zero-order chi connectivity index (χ0) is 23.0. The molecule has 3 aromatic carbocycles. The number of carbonyl (C=O) groups excluding carboxylic acids is 2. The first-order valence-corrected chi connectivity index (χ1v) is 11.6. The van der Waals surface area contributed by atoms with Gasteiger partial charge < -0.3 is 15.4 Å². The second-order valence-electron chi connectivity index (χ2n) is 8.65. The number of rotatable bonds is 7. The Hall–Kier alpha value is -3.60. The van der Waals surface area contributed by atoms with Crippen molar-refractivity contribution in [2.45, 2.75) is 44.9 Å². The molecule has 0 saturated heterocycles. The molecule has 5 heteroatoms. The van der Waals surface area contributed by atoms with Crippen molar-refractivity contribution in [2.75, 3.05) is 17.2 Å². The van der Waals surface area contributed by atoms with E-state index in [1.165, 1.54) is 37.7 Å². The summed E-state index contributed by atoms with van der Waals surface area (Å²) in [6, 6.07) is 22.6. The van der Waals surface area contributed by atoms with E-state index in [9.17, 15) is 9.59 Å². The van der Waals surface area contributed by atoms with E-state index in [4.69, 9.17) is 4.74 Å². The molecule has 2 amide bonds. The van der Waals surface area contributed by atoms with Gasteiger partial charge in [0.15, 0.2) is 6.61 Å². The summed E-state index contributed by atoms with van der Waals surface area (Å²) in [6.45, 7) is 1.86. The molecule has 1 saturated carbocycles. The molecule has 0 bridgehead atoms. The van der Waals surface area contributed by atoms with Crippen LogP contribution in [-0.2, 0) is 4.79 Å². The van der Waals surface area contributed by atoms with Crippen LogP contribution in [0.5, 0.6) is 5.75 Å². The van der Waals surface area contributed by atoms with Crippen molar-refractivity contribution in [1.29, 1.82) is 0 Å². The smallest absolute Gasteiger partial charge is 0.262 e. The van der Waals surface area contributed by atoms with Crippen LogP contribution >= 0.6 is 0 Å². The van der Waals surface area contributed by atoms with Gasteiger partial charge in [-0.05, 0) is 73.7 Å². The first kappa shape index (κ1) is 22.6. The monoisotopic (exact) mass is 442 g/mol. The van der Waals surface area contributed by atoms with Crippen molar-refractivity contribution >= 4 is 23.2 Å². The van der Waals surface area contributed by atoms with Crippen molar-refractivity contribution in [3.05, 3.63) is 89.5 Å². The second-order valence-corrected chi connectivity index (χ2v) is 8.65. The van der Waals surface area contributed by atoms with E-state index in [0.717, 1.165) is 5.56 Å². The van der Waals surface area contributed by atoms with Crippen molar-refractivity contribution in [1.82, 2.24) is 0 Å². The molecular formula is C28H30N2O3. The zero-order valence-corrected chi connectivity index (χ0v) is 19.0. The number of amides is 2. The van der Waals surface area contributed by atoms with E-state index in [0.29, 0.717) is 28.6 Å². The topological polar surface area (TPSA) is 67.4 Å². The average molecular weight is 443 g/mol. The number of aryl methyl sites for hydroxylation is 1. The summed E-state index contributed by atoms with van der Waals surface area (Å²) in [5.41, 5.74) is 4.17. The maximum Gasteiger partial charge on any atom is 0.262 e. The summed E-state index contributed by atoms with van der Waals surface area (Å²) in [5.74, 6) is 0.884. The number of anilines is 2. The van der Waals surface area contributed by atoms with E-state index < -0.39 is 0 Å². The standard InChI is InChI=1S/C28H30N2O3/c1-20-7-5-10-23(17-20)28(32)30-25-12-6-11-24(18-25)29-27(31)19-33-26-15-13-22(14-16-26)21-8-3-2-4-9-21/h5-7,10-18,21H,2-4,8-9,19H2,1H3,(H,29,31)(H,30,32). The lowest BCUT2D eigenvalue weighted by molar-refractivity contribution is -0.118. The van der Waals surface area contributed by atoms with Gasteiger partial charge >= 0.3 is 0 Å². The maximum atomic E-state index is 12.5. The van der Waals surface area contributed by atoms with Crippen molar-refractivity contribution in [2.24, 2.45) is 0 Å². The van der Waals surface area contributed by atoms with Crippen LogP contribution in [0.3, 0.4) is 0 Å². The van der Waals surface area contributed by atoms with Gasteiger partial charge in [-0.25, -0.2) is 0 Å². The summed E-state index contributed by atoms with van der Waals surface area (Å²) in [4.78, 5) is 24.8. The summed E-state index contributed by atoms with van der Waals surface area (Å²) in [5, 5.41) is 5.69. The molecular weight excluding hydrogens is 412 g/mol. The normalized spacial score (nSPS) is 13.8. The lowest BCUT2D eigenvalue weighted by Gasteiger charge is -2.22. The van der Waals surface area contributed by atoms with Crippen LogP contribution < -0.4 is 15.4 Å². The quantitative estimate of drug-likeness (QED) is 0.450. The molecule has 2 N–H and O–H groups in total. The molecule has 4 rings (SSSR count). The van der Waals surface area contributed by atoms with E-state index in [2.05, 4.69) is 22.8 Å². The molecule has 0 unspecified atom stereocenters. The minimum absolute atomic E-state index is 0.0807. The van der Waals surface area contributed by atoms with Gasteiger partial charge in [-0.1, -0.05) is 55.2 Å². The maximum absolute atomic E-state index is 12.5. The summed E-state index contributed by atoms with van der Waals surface area (Å²) >= 11 is 0. The van der Waals surface area contributed by atoms with E-state index >= 15 is 0 Å². The number of nitrogens with one attached hydrogen (secondary N) is 2. The average Bonchev–Trinajstić information content (AvgIpc) is 2.84. The van der Waals surface area contributed by atoms with Crippen LogP contribution in [0.25, 0.3) is 0 Å². The molecule has 0 aliphatic heterocycles. The van der Waals surface area contributed by atoms with Crippen LogP contribution in [0.1, 0.15) is 59.5 Å². The molecule has 0 radical (unpaired) electrons. The Bertz CT molecular complexity index is 1100. The highest BCUT2D eigenvalue weighted by molar-refractivity contribution is 6.04. The second kappa shape index (κ2) is 10.8. The van der Waals surface area contributed by atoms with Gasteiger partial charge in [0, 0.05) is 16.9 Å². The Morgan fingerprint density at radius 1 is 0.848 bits per heavy atom. The predicted octanol–water partition coefficient (Wildman–Crippen LogP) is 6.31. The molecule has 5 nitrogen and oxygen atoms in total. The minimum Gasteiger partial charge on any atom is -0.484 e. The van der Waals surface area contributed by atoms with Crippen LogP contribution in [0.4, 0.5) is 11.4 Å². The highest BCUT2D eigenvalue weighted by atomic mass is 16.5. The molecule has 170 valence electrons. The van der Waals surface area contributed by atoms with Crippen molar-refractivity contribution in [3.8, 4) is 5.75 Å². The highest BCUT2D eigenvalue weighted by Crippen LogP contribution is 2.33. The highest BCUT2D eigenvalue weighted by Gasteiger charge is 2.15. The third-order valence-electron chi connectivity index (χ3n) is 6.01. The Balaban J connectivity index is 1.28. The van der Waals surface area contributed by atoms with Crippen LogP contribution in [-0.4, -0.2) is 18.4 Å². The largest absolute Gasteiger partial charge is 0.484 e. The fraction of sp³-hybridized carbons (Fsp3) is 0.286. The summed E-state index contributed by atoms with van der Waals surface area (Å²) in [6.07, 6.45) is 6.47. The zero-order valence-electron chi connectivity index (χ0n) is 19.0. The van der Waals surface area contributed by atoms with Gasteiger partial charge in [0.05, 0.1) is 0 Å². The Morgan fingerprint density at radius 3 is 2.27 bits per heavy atom. The Labute approximate surface area is 195 Å². The van der Waals surface area contributed by atoms with E-state index in [-0.39, 0.29) is 18.4 Å². The molecule has 0 heterocycles. The molecule has 3 aromatic rings. The van der Waals surface area contributed by atoms with Gasteiger partial charge in [-0.15, -0.1) is 0 Å². The number of ether oxygens (including phenoxy) is 1. The van der Waals surface area contributed by atoms with E-state index in [1.54, 1.807) is 30.3 Å². The van der Waals surface area contributed by atoms with E-state index in [1.807, 2.05) is 37.3 Å². The van der Waals surface area contributed by atoms with Crippen LogP contribution in [0, 0.1) is 6.92 Å². The van der Waals surface area contributed by atoms with Gasteiger partial charge in [0.2, 0.25) is 0 Å². The fourth-order valence-electron chi connectivity index (χ4n) is 4.28. The third kappa shape index (κ3) is 6.45. The minimum atomic E-state index is -0.256. The first-order valence-electron chi connectivity index (χ1n) is 11.6. The first-order chi connectivity index (χ1) is 16.1. The van der Waals surface area contributed by atoms with Crippen molar-refractivity contribution < 1.29 is 14.3 Å². The SMILES string of the molecule is Cc1cccc(C(=O)Nc2cccc(NC(=O)COc3ccc(C4CCCCC4)cc3)c2)c1.